The van der Waals surface area contributed by atoms with Crippen LogP contribution in [0.3, 0.4) is 0 Å². The van der Waals surface area contributed by atoms with Crippen molar-refractivity contribution in [1.82, 2.24) is 0 Å². The average Bonchev–Trinajstić information content (AvgIpc) is 3.66. The molecule has 0 atom stereocenters. The molecule has 0 N–H and O–H groups in total. The molecule has 0 aliphatic rings. The summed E-state index contributed by atoms with van der Waals surface area (Å²) in [6.45, 7) is 0. The van der Waals surface area contributed by atoms with Gasteiger partial charge in [-0.2, -0.15) is 0 Å². The molecule has 0 unspecified atom stereocenters. The quantitative estimate of drug-likeness (QED) is 0.181. The average molecular weight is 612 g/mol. The second kappa shape index (κ2) is 10.2. The van der Waals surface area contributed by atoms with Crippen molar-refractivity contribution in [3.8, 4) is 33.4 Å². The van der Waals surface area contributed by atoms with Gasteiger partial charge in [-0.3, -0.25) is 0 Å². The van der Waals surface area contributed by atoms with Crippen molar-refractivity contribution in [2.75, 3.05) is 0 Å². The minimum absolute atomic E-state index is 0.0303. The molecule has 0 radical (unpaired) electrons. The van der Waals surface area contributed by atoms with Gasteiger partial charge in [-0.25, -0.2) is 0 Å². The minimum atomic E-state index is -0.737. The zero-order chi connectivity index (χ0) is 44.0. The van der Waals surface area contributed by atoms with Gasteiger partial charge in [0.15, 0.2) is 0 Å². The molecule has 1 heteroatoms. The van der Waals surface area contributed by atoms with Crippen molar-refractivity contribution in [3.63, 3.8) is 0 Å². The highest BCUT2D eigenvalue weighted by atomic mass is 16.3. The van der Waals surface area contributed by atoms with E-state index in [1.807, 2.05) is 60.7 Å². The first-order chi connectivity index (χ1) is 29.5. The number of furan rings is 1. The fourth-order valence-electron chi connectivity index (χ4n) is 6.65. The summed E-state index contributed by atoms with van der Waals surface area (Å²) in [4.78, 5) is 0. The molecule has 0 bridgehead atoms. The standard InChI is InChI=1S/C46H28O/c1-2-12-31-26-35(21-20-29(31)10-1)45-39-18-7-5-16-37(39)44(38-17-6-8-19-40(38)45)34-14-9-13-32(27-34)33-22-24-41-43(28-33)47-42-25-23-30-11-3-4-15-36(30)46(41)42/h1-28H/i1D,2D,5D,6D,7D,8D,10D,12D,16D,17D,18D,19D,20D,21D,26D. The van der Waals surface area contributed by atoms with Gasteiger partial charge in [0, 0.05) is 10.8 Å². The summed E-state index contributed by atoms with van der Waals surface area (Å²) in [5.41, 5.74) is 2.18. The van der Waals surface area contributed by atoms with Gasteiger partial charge in [0.25, 0.3) is 0 Å². The first-order valence-corrected chi connectivity index (χ1v) is 15.0. The molecule has 0 fully saturated rings. The maximum Gasteiger partial charge on any atom is 0.136 e. The lowest BCUT2D eigenvalue weighted by Crippen LogP contribution is -1.91. The molecule has 0 aliphatic carbocycles. The van der Waals surface area contributed by atoms with Crippen LogP contribution in [-0.2, 0) is 0 Å². The molecule has 10 rings (SSSR count). The van der Waals surface area contributed by atoms with Gasteiger partial charge in [0.1, 0.15) is 11.2 Å². The van der Waals surface area contributed by atoms with Gasteiger partial charge in [0.2, 0.25) is 0 Å². The van der Waals surface area contributed by atoms with Crippen molar-refractivity contribution in [2.45, 2.75) is 0 Å². The Morgan fingerprint density at radius 1 is 0.383 bits per heavy atom. The molecular weight excluding hydrogens is 569 g/mol. The summed E-state index contributed by atoms with van der Waals surface area (Å²) >= 11 is 0. The molecule has 1 aromatic heterocycles. The summed E-state index contributed by atoms with van der Waals surface area (Å²) in [5, 5.41) is 2.18. The van der Waals surface area contributed by atoms with Crippen LogP contribution < -0.4 is 0 Å². The fraction of sp³-hybridized carbons (Fsp3) is 0. The number of benzene rings is 9. The topological polar surface area (TPSA) is 13.1 Å². The first kappa shape index (κ1) is 15.4. The van der Waals surface area contributed by atoms with Crippen molar-refractivity contribution in [3.05, 3.63) is 169 Å². The van der Waals surface area contributed by atoms with E-state index in [9.17, 15) is 8.22 Å². The normalized spacial score (nSPS) is 16.3. The van der Waals surface area contributed by atoms with E-state index in [2.05, 4.69) is 0 Å². The number of fused-ring (bicyclic) bond motifs is 8. The summed E-state index contributed by atoms with van der Waals surface area (Å²) in [7, 11) is 0. The molecule has 10 aromatic rings. The Morgan fingerprint density at radius 2 is 1.04 bits per heavy atom. The van der Waals surface area contributed by atoms with E-state index in [4.69, 9.17) is 16.8 Å². The Hall–Kier alpha value is -6.18. The van der Waals surface area contributed by atoms with E-state index in [0.717, 1.165) is 27.1 Å². The Balaban J connectivity index is 1.35. The molecule has 9 aromatic carbocycles. The second-order valence-electron chi connectivity index (χ2n) is 11.3. The zero-order valence-corrected chi connectivity index (χ0v) is 24.4. The highest BCUT2D eigenvalue weighted by molar-refractivity contribution is 6.22. The summed E-state index contributed by atoms with van der Waals surface area (Å²) in [6, 6.07) is 14.7. The van der Waals surface area contributed by atoms with Gasteiger partial charge in [-0.15, -0.1) is 0 Å². The smallest absolute Gasteiger partial charge is 0.136 e. The third-order valence-corrected chi connectivity index (χ3v) is 8.72. The van der Waals surface area contributed by atoms with Crippen LogP contribution in [0.5, 0.6) is 0 Å². The van der Waals surface area contributed by atoms with Crippen molar-refractivity contribution >= 4 is 65.0 Å². The van der Waals surface area contributed by atoms with Crippen LogP contribution in [0.15, 0.2) is 174 Å². The van der Waals surface area contributed by atoms with Crippen molar-refractivity contribution in [2.24, 2.45) is 0 Å². The third-order valence-electron chi connectivity index (χ3n) is 8.72. The molecule has 218 valence electrons. The monoisotopic (exact) mass is 611 g/mol. The van der Waals surface area contributed by atoms with Gasteiger partial charge in [-0.1, -0.05) is 139 Å². The summed E-state index contributed by atoms with van der Waals surface area (Å²) < 4.78 is 140. The number of rotatable bonds is 3. The first-order valence-electron chi connectivity index (χ1n) is 22.5. The van der Waals surface area contributed by atoms with Crippen molar-refractivity contribution in [1.29, 1.82) is 0 Å². The molecule has 0 saturated heterocycles. The molecule has 0 saturated carbocycles. The van der Waals surface area contributed by atoms with Crippen LogP contribution in [0.1, 0.15) is 20.6 Å². The Bertz CT molecular complexity index is 3620. The predicted octanol–water partition coefficient (Wildman–Crippen LogP) is 13.2. The lowest BCUT2D eigenvalue weighted by atomic mass is 9.85. The second-order valence-corrected chi connectivity index (χ2v) is 11.3. The number of hydrogen-bond acceptors (Lipinski definition) is 1. The molecule has 47 heavy (non-hydrogen) atoms. The van der Waals surface area contributed by atoms with E-state index in [1.165, 1.54) is 0 Å². The Kier molecular flexibility index (Phi) is 3.33. The molecule has 0 aliphatic heterocycles. The molecule has 0 amide bonds. The third kappa shape index (κ3) is 4.03. The van der Waals surface area contributed by atoms with E-state index >= 15 is 0 Å². The SMILES string of the molecule is [2H]c1c([2H])c([2H])c2c([2H])c(-c3c4c([2H])c([2H])c([2H])c([2H])c4c(-c4cccc(-c5ccc6c(c5)oc5ccc7ccccc7c56)c4)c4c([2H])c([2H])c([2H])c([2H])c34)c([2H])c([2H])c2c1[2H]. The van der Waals surface area contributed by atoms with Crippen LogP contribution in [0.25, 0.3) is 98.4 Å². The van der Waals surface area contributed by atoms with Crippen molar-refractivity contribution < 1.29 is 25.0 Å². The van der Waals surface area contributed by atoms with E-state index < -0.39 is 107 Å². The van der Waals surface area contributed by atoms with E-state index in [-0.39, 0.29) is 32.7 Å². The summed E-state index contributed by atoms with van der Waals surface area (Å²) in [5.74, 6) is 0. The summed E-state index contributed by atoms with van der Waals surface area (Å²) in [6.07, 6.45) is 0. The van der Waals surface area contributed by atoms with Gasteiger partial charge in [0.05, 0.1) is 20.6 Å². The Labute approximate surface area is 293 Å². The highest BCUT2D eigenvalue weighted by Crippen LogP contribution is 2.45. The molecular formula is C46H28O. The maximum atomic E-state index is 9.44. The van der Waals surface area contributed by atoms with Crippen LogP contribution in [0.4, 0.5) is 0 Å². The number of hydrogen-bond donors (Lipinski definition) is 0. The Morgan fingerprint density at radius 3 is 1.83 bits per heavy atom. The van der Waals surface area contributed by atoms with Crippen LogP contribution in [0.2, 0.25) is 0 Å². The van der Waals surface area contributed by atoms with Crippen LogP contribution in [-0.4, -0.2) is 0 Å². The molecule has 1 nitrogen and oxygen atoms in total. The lowest BCUT2D eigenvalue weighted by molar-refractivity contribution is 0.669. The molecule has 1 heterocycles. The zero-order valence-electron chi connectivity index (χ0n) is 39.4. The lowest BCUT2D eigenvalue weighted by Gasteiger charge is -2.18. The minimum Gasteiger partial charge on any atom is -0.456 e. The van der Waals surface area contributed by atoms with Crippen LogP contribution >= 0.6 is 0 Å². The maximum absolute atomic E-state index is 9.44. The van der Waals surface area contributed by atoms with E-state index in [1.54, 1.807) is 18.2 Å². The van der Waals surface area contributed by atoms with E-state index in [0.29, 0.717) is 22.3 Å². The molecule has 0 spiro atoms. The largest absolute Gasteiger partial charge is 0.456 e. The van der Waals surface area contributed by atoms with Gasteiger partial charge < -0.3 is 4.42 Å². The fourth-order valence-corrected chi connectivity index (χ4v) is 6.65. The predicted molar refractivity (Wildman–Crippen MR) is 200 cm³/mol. The van der Waals surface area contributed by atoms with Crippen LogP contribution in [0, 0.1) is 0 Å². The van der Waals surface area contributed by atoms with Gasteiger partial charge in [-0.05, 0) is 107 Å². The van der Waals surface area contributed by atoms with Gasteiger partial charge >= 0.3 is 0 Å². The highest BCUT2D eigenvalue weighted by Gasteiger charge is 2.18.